The van der Waals surface area contributed by atoms with Crippen LogP contribution in [-0.4, -0.2) is 16.8 Å². The van der Waals surface area contributed by atoms with Crippen molar-refractivity contribution in [1.29, 1.82) is 0 Å². The highest BCUT2D eigenvalue weighted by Gasteiger charge is 2.59. The second-order valence-electron chi connectivity index (χ2n) is 8.05. The lowest BCUT2D eigenvalue weighted by Gasteiger charge is -2.51. The molecule has 126 valence electrons. The van der Waals surface area contributed by atoms with Gasteiger partial charge >= 0.3 is 0 Å². The molecule has 0 heterocycles. The Labute approximate surface area is 145 Å². The molecule has 5 atom stereocenters. The van der Waals surface area contributed by atoms with Gasteiger partial charge in [-0.05, 0) is 54.0 Å². The fraction of sp³-hybridized carbons (Fsp3) is 0.619. The molecule has 23 heavy (non-hydrogen) atoms. The van der Waals surface area contributed by atoms with Gasteiger partial charge in [0.25, 0.3) is 0 Å². The summed E-state index contributed by atoms with van der Waals surface area (Å²) in [6, 6.07) is 0. The van der Waals surface area contributed by atoms with Gasteiger partial charge in [0.2, 0.25) is 0 Å². The second kappa shape index (κ2) is 6.56. The summed E-state index contributed by atoms with van der Waals surface area (Å²) in [5, 5.41) is 0.326. The van der Waals surface area contributed by atoms with E-state index in [0.29, 0.717) is 22.3 Å². The first-order valence-electron chi connectivity index (χ1n) is 9.52. The quantitative estimate of drug-likeness (QED) is 0.761. The summed E-state index contributed by atoms with van der Waals surface area (Å²) in [5.41, 5.74) is 8.42. The summed E-state index contributed by atoms with van der Waals surface area (Å²) < 4.78 is 0. The lowest BCUT2D eigenvalue weighted by atomic mass is 9.61. The molecule has 3 rings (SSSR count). The van der Waals surface area contributed by atoms with E-state index in [4.69, 9.17) is 5.73 Å². The minimum absolute atomic E-state index is 0.300. The van der Waals surface area contributed by atoms with E-state index in [1.807, 2.05) is 0 Å². The maximum absolute atomic E-state index is 6.38. The van der Waals surface area contributed by atoms with Gasteiger partial charge in [0.15, 0.2) is 0 Å². The van der Waals surface area contributed by atoms with Crippen molar-refractivity contribution < 1.29 is 0 Å². The minimum Gasteiger partial charge on any atom is -0.330 e. The van der Waals surface area contributed by atoms with Crippen molar-refractivity contribution in [3.05, 3.63) is 48.1 Å². The fourth-order valence-corrected chi connectivity index (χ4v) is 7.74. The van der Waals surface area contributed by atoms with E-state index in [-0.39, 0.29) is 0 Å². The van der Waals surface area contributed by atoms with Crippen LogP contribution in [0.4, 0.5) is 0 Å². The number of allylic oxidation sites excluding steroid dienone is 8. The Morgan fingerprint density at radius 3 is 2.74 bits per heavy atom. The first kappa shape index (κ1) is 17.0. The first-order valence-corrected chi connectivity index (χ1v) is 10.5. The zero-order chi connectivity index (χ0) is 16.5. The van der Waals surface area contributed by atoms with Crippen LogP contribution in [0.15, 0.2) is 48.1 Å². The number of rotatable bonds is 5. The lowest BCUT2D eigenvalue weighted by Crippen LogP contribution is -2.43. The van der Waals surface area contributed by atoms with Crippen LogP contribution < -0.4 is 5.73 Å². The molecule has 0 aromatic rings. The smallest absolute Gasteiger partial charge is 0.0174 e. The monoisotopic (exact) mass is 327 g/mol. The number of nitrogens with two attached hydrogens (primary N) is 1. The van der Waals surface area contributed by atoms with Crippen molar-refractivity contribution in [2.45, 2.75) is 51.0 Å². The molecule has 5 unspecified atom stereocenters. The molecular weight excluding hydrogens is 294 g/mol. The third-order valence-electron chi connectivity index (χ3n) is 7.22. The maximum Gasteiger partial charge on any atom is 0.0174 e. The molecule has 0 aliphatic heterocycles. The SMILES string of the molecule is CCCCC1(C2([SiH3])C3=CC=CCC3C(C)C2CN)C=CC=CC1. The Morgan fingerprint density at radius 1 is 1.26 bits per heavy atom. The Balaban J connectivity index is 2.10. The average Bonchev–Trinajstić information content (AvgIpc) is 2.83. The lowest BCUT2D eigenvalue weighted by molar-refractivity contribution is 0.186. The van der Waals surface area contributed by atoms with Crippen LogP contribution in [0.1, 0.15) is 46.0 Å². The van der Waals surface area contributed by atoms with E-state index in [0.717, 1.165) is 12.5 Å². The number of hydrogen-bond acceptors (Lipinski definition) is 1. The van der Waals surface area contributed by atoms with E-state index in [1.165, 1.54) is 42.3 Å². The van der Waals surface area contributed by atoms with Crippen LogP contribution in [-0.2, 0) is 0 Å². The fourth-order valence-electron chi connectivity index (χ4n) is 5.82. The third kappa shape index (κ3) is 2.46. The van der Waals surface area contributed by atoms with Gasteiger partial charge in [0.05, 0.1) is 0 Å². The van der Waals surface area contributed by atoms with E-state index in [9.17, 15) is 0 Å². The van der Waals surface area contributed by atoms with Crippen molar-refractivity contribution in [2.75, 3.05) is 6.54 Å². The summed E-state index contributed by atoms with van der Waals surface area (Å²) in [4.78, 5) is 0. The maximum atomic E-state index is 6.38. The topological polar surface area (TPSA) is 26.0 Å². The molecule has 0 bridgehead atoms. The molecule has 0 radical (unpaired) electrons. The summed E-state index contributed by atoms with van der Waals surface area (Å²) in [6.07, 6.45) is 23.0. The van der Waals surface area contributed by atoms with Crippen LogP contribution >= 0.6 is 0 Å². The molecular formula is C21H33NSi. The molecule has 0 spiro atoms. The number of unbranched alkanes of at least 4 members (excludes halogenated alkanes) is 1. The molecule has 3 aliphatic carbocycles. The van der Waals surface area contributed by atoms with E-state index in [2.05, 4.69) is 56.4 Å². The van der Waals surface area contributed by atoms with Crippen LogP contribution in [0.5, 0.6) is 0 Å². The third-order valence-corrected chi connectivity index (χ3v) is 9.54. The summed E-state index contributed by atoms with van der Waals surface area (Å²) in [7, 11) is 1.20. The second-order valence-corrected chi connectivity index (χ2v) is 9.62. The molecule has 2 heteroatoms. The summed E-state index contributed by atoms with van der Waals surface area (Å²) >= 11 is 0. The molecule has 1 nitrogen and oxygen atoms in total. The average molecular weight is 328 g/mol. The van der Waals surface area contributed by atoms with Gasteiger partial charge in [-0.2, -0.15) is 0 Å². The van der Waals surface area contributed by atoms with E-state index in [1.54, 1.807) is 5.57 Å². The van der Waals surface area contributed by atoms with Crippen molar-refractivity contribution in [1.82, 2.24) is 0 Å². The van der Waals surface area contributed by atoms with Crippen molar-refractivity contribution in [2.24, 2.45) is 28.9 Å². The molecule has 0 aromatic carbocycles. The van der Waals surface area contributed by atoms with E-state index >= 15 is 0 Å². The summed E-state index contributed by atoms with van der Waals surface area (Å²) in [5.74, 6) is 2.08. The van der Waals surface area contributed by atoms with Crippen LogP contribution in [0.3, 0.4) is 0 Å². The van der Waals surface area contributed by atoms with E-state index < -0.39 is 0 Å². The molecule has 0 saturated heterocycles. The molecule has 1 fully saturated rings. The zero-order valence-electron chi connectivity index (χ0n) is 15.1. The predicted molar refractivity (Wildman–Crippen MR) is 105 cm³/mol. The zero-order valence-corrected chi connectivity index (χ0v) is 17.1. The Bertz CT molecular complexity index is 558. The first-order chi connectivity index (χ1) is 11.1. The van der Waals surface area contributed by atoms with Gasteiger partial charge in [-0.25, -0.2) is 0 Å². The van der Waals surface area contributed by atoms with Crippen LogP contribution in [0.25, 0.3) is 0 Å². The van der Waals surface area contributed by atoms with Gasteiger partial charge in [-0.15, -0.1) is 0 Å². The normalized spacial score (nSPS) is 42.0. The molecule has 1 saturated carbocycles. The largest absolute Gasteiger partial charge is 0.330 e. The van der Waals surface area contributed by atoms with Crippen LogP contribution in [0.2, 0.25) is 5.04 Å². The van der Waals surface area contributed by atoms with Crippen molar-refractivity contribution in [3.63, 3.8) is 0 Å². The standard InChI is InChI=1S/C21H33NSi/c1-3-4-12-20(13-8-5-9-14-20)21(23)18-11-7-6-10-17(18)16(2)19(21)15-22/h5-9,11,13,16-17,19H,3-4,10,12,14-15,22H2,1-2,23H3. The summed E-state index contributed by atoms with van der Waals surface area (Å²) in [6.45, 7) is 5.62. The van der Waals surface area contributed by atoms with Gasteiger partial charge in [-0.3, -0.25) is 0 Å². The molecule has 0 amide bonds. The van der Waals surface area contributed by atoms with Gasteiger partial charge in [0.1, 0.15) is 0 Å². The highest BCUT2D eigenvalue weighted by atomic mass is 28.1. The van der Waals surface area contributed by atoms with Gasteiger partial charge in [-0.1, -0.05) is 74.8 Å². The van der Waals surface area contributed by atoms with Crippen LogP contribution in [0, 0.1) is 23.2 Å². The van der Waals surface area contributed by atoms with Crippen molar-refractivity contribution >= 4 is 10.2 Å². The number of fused-ring (bicyclic) bond motifs is 1. The Hall–Kier alpha value is -0.863. The van der Waals surface area contributed by atoms with Gasteiger partial charge in [0, 0.05) is 10.2 Å². The Morgan fingerprint density at radius 2 is 2.09 bits per heavy atom. The van der Waals surface area contributed by atoms with Crippen molar-refractivity contribution in [3.8, 4) is 0 Å². The molecule has 2 N–H and O–H groups in total. The van der Waals surface area contributed by atoms with Gasteiger partial charge < -0.3 is 5.73 Å². The molecule has 0 aromatic heterocycles. The number of hydrogen-bond donors (Lipinski definition) is 1. The highest BCUT2D eigenvalue weighted by Crippen LogP contribution is 2.69. The highest BCUT2D eigenvalue weighted by molar-refractivity contribution is 6.19. The molecule has 3 aliphatic rings. The Kier molecular flexibility index (Phi) is 4.84. The minimum atomic E-state index is 0.300. The predicted octanol–water partition coefficient (Wildman–Crippen LogP) is 3.93.